The van der Waals surface area contributed by atoms with Gasteiger partial charge in [0, 0.05) is 42.8 Å². The first-order valence-electron chi connectivity index (χ1n) is 9.19. The molecule has 2 amide bonds. The zero-order chi connectivity index (χ0) is 19.5. The minimum absolute atomic E-state index is 0.0593. The maximum atomic E-state index is 12.5. The quantitative estimate of drug-likeness (QED) is 0.667. The topological polar surface area (TPSA) is 67.5 Å². The first kappa shape index (κ1) is 18.6. The third-order valence-electron chi connectivity index (χ3n) is 4.93. The number of carbonyl (C=O) groups excluding carboxylic acids is 2. The van der Waals surface area contributed by atoms with Gasteiger partial charge < -0.3 is 19.2 Å². The fourth-order valence-electron chi connectivity index (χ4n) is 3.37. The van der Waals surface area contributed by atoms with Gasteiger partial charge in [-0.3, -0.25) is 9.59 Å². The van der Waals surface area contributed by atoms with Crippen molar-refractivity contribution in [3.63, 3.8) is 0 Å². The molecule has 3 aromatic rings. The predicted octanol–water partition coefficient (Wildman–Crippen LogP) is 3.87. The maximum Gasteiger partial charge on any atom is 0.289 e. The Morgan fingerprint density at radius 1 is 1.00 bits per heavy atom. The van der Waals surface area contributed by atoms with Crippen molar-refractivity contribution < 1.29 is 14.0 Å². The second-order valence-electron chi connectivity index (χ2n) is 6.78. The van der Waals surface area contributed by atoms with Gasteiger partial charge in [-0.25, -0.2) is 0 Å². The number of piperidine rings is 1. The standard InChI is InChI=1S/C21H20BrN3O3/c22-19-8-7-18(28-19)21(27)25-13-9-16(10-14-25)23-20(26)15-3-5-17(6-4-15)24-11-1-2-12-24/h1-8,11-12,16H,9-10,13-14H2,(H,23,26). The van der Waals surface area contributed by atoms with Crippen LogP contribution >= 0.6 is 15.9 Å². The molecule has 144 valence electrons. The number of rotatable bonds is 4. The molecule has 6 nitrogen and oxygen atoms in total. The van der Waals surface area contributed by atoms with E-state index in [2.05, 4.69) is 21.2 Å². The van der Waals surface area contributed by atoms with Gasteiger partial charge in [0.2, 0.25) is 0 Å². The Morgan fingerprint density at radius 2 is 1.68 bits per heavy atom. The van der Waals surface area contributed by atoms with Crippen LogP contribution in [0.4, 0.5) is 0 Å². The van der Waals surface area contributed by atoms with Crippen LogP contribution in [0, 0.1) is 0 Å². The van der Waals surface area contributed by atoms with E-state index in [4.69, 9.17) is 4.42 Å². The molecule has 1 aromatic carbocycles. The van der Waals surface area contributed by atoms with Crippen LogP contribution in [0.5, 0.6) is 0 Å². The van der Waals surface area contributed by atoms with Gasteiger partial charge in [-0.05, 0) is 77.3 Å². The van der Waals surface area contributed by atoms with Gasteiger partial charge in [0.1, 0.15) is 0 Å². The second kappa shape index (κ2) is 8.06. The van der Waals surface area contributed by atoms with Crippen LogP contribution in [0.1, 0.15) is 33.8 Å². The Morgan fingerprint density at radius 3 is 2.29 bits per heavy atom. The summed E-state index contributed by atoms with van der Waals surface area (Å²) in [6.07, 6.45) is 5.37. The van der Waals surface area contributed by atoms with Gasteiger partial charge in [-0.15, -0.1) is 0 Å². The van der Waals surface area contributed by atoms with Crippen LogP contribution in [0.3, 0.4) is 0 Å². The average Bonchev–Trinajstić information content (AvgIpc) is 3.40. The van der Waals surface area contributed by atoms with Crippen LogP contribution < -0.4 is 5.32 Å². The summed E-state index contributed by atoms with van der Waals surface area (Å²) in [7, 11) is 0. The summed E-state index contributed by atoms with van der Waals surface area (Å²) in [5.41, 5.74) is 1.65. The van der Waals surface area contributed by atoms with E-state index in [9.17, 15) is 9.59 Å². The predicted molar refractivity (Wildman–Crippen MR) is 109 cm³/mol. The Bertz CT molecular complexity index is 955. The zero-order valence-electron chi connectivity index (χ0n) is 15.2. The highest BCUT2D eigenvalue weighted by molar-refractivity contribution is 9.10. The number of likely N-dealkylation sites (tertiary alicyclic amines) is 1. The molecule has 1 saturated heterocycles. The lowest BCUT2D eigenvalue weighted by atomic mass is 10.0. The van der Waals surface area contributed by atoms with E-state index >= 15 is 0 Å². The molecule has 0 saturated carbocycles. The zero-order valence-corrected chi connectivity index (χ0v) is 16.8. The third kappa shape index (κ3) is 4.04. The lowest BCUT2D eigenvalue weighted by molar-refractivity contribution is 0.0666. The molecule has 0 spiro atoms. The third-order valence-corrected chi connectivity index (χ3v) is 5.36. The van der Waals surface area contributed by atoms with E-state index in [1.165, 1.54) is 0 Å². The smallest absolute Gasteiger partial charge is 0.289 e. The lowest BCUT2D eigenvalue weighted by Crippen LogP contribution is -2.46. The summed E-state index contributed by atoms with van der Waals surface area (Å²) in [6, 6.07) is 14.9. The Hall–Kier alpha value is -2.80. The number of furan rings is 1. The molecule has 0 aliphatic carbocycles. The van der Waals surface area contributed by atoms with Gasteiger partial charge in [-0.2, -0.15) is 0 Å². The van der Waals surface area contributed by atoms with E-state index < -0.39 is 0 Å². The summed E-state index contributed by atoms with van der Waals surface area (Å²) in [4.78, 5) is 26.7. The molecule has 2 aromatic heterocycles. The fraction of sp³-hybridized carbons (Fsp3) is 0.238. The van der Waals surface area contributed by atoms with Crippen molar-refractivity contribution in [2.75, 3.05) is 13.1 Å². The highest BCUT2D eigenvalue weighted by Crippen LogP contribution is 2.19. The van der Waals surface area contributed by atoms with Crippen LogP contribution in [0.25, 0.3) is 5.69 Å². The number of hydrogen-bond acceptors (Lipinski definition) is 3. The molecule has 1 N–H and O–H groups in total. The summed E-state index contributed by atoms with van der Waals surface area (Å²) >= 11 is 3.21. The normalized spacial score (nSPS) is 14.8. The molecular weight excluding hydrogens is 422 g/mol. The van der Waals surface area contributed by atoms with Crippen molar-refractivity contribution in [1.82, 2.24) is 14.8 Å². The van der Waals surface area contributed by atoms with Crippen LogP contribution in [0.2, 0.25) is 0 Å². The number of benzene rings is 1. The minimum Gasteiger partial charge on any atom is -0.444 e. The van der Waals surface area contributed by atoms with Crippen molar-refractivity contribution in [3.05, 3.63) is 76.9 Å². The number of hydrogen-bond donors (Lipinski definition) is 1. The van der Waals surface area contributed by atoms with Crippen LogP contribution in [-0.4, -0.2) is 40.4 Å². The molecule has 0 bridgehead atoms. The fourth-order valence-corrected chi connectivity index (χ4v) is 3.68. The molecule has 1 aliphatic heterocycles. The van der Waals surface area contributed by atoms with Crippen LogP contribution in [-0.2, 0) is 0 Å². The van der Waals surface area contributed by atoms with Crippen molar-refractivity contribution in [2.45, 2.75) is 18.9 Å². The number of nitrogens with one attached hydrogen (secondary N) is 1. The van der Waals surface area contributed by atoms with Gasteiger partial charge in [0.15, 0.2) is 10.4 Å². The van der Waals surface area contributed by atoms with Gasteiger partial charge in [-0.1, -0.05) is 0 Å². The molecule has 7 heteroatoms. The molecule has 0 atom stereocenters. The van der Waals surface area contributed by atoms with Crippen molar-refractivity contribution in [3.8, 4) is 5.69 Å². The number of nitrogens with zero attached hydrogens (tertiary/aromatic N) is 2. The SMILES string of the molecule is O=C(NC1CCN(C(=O)c2ccc(Br)o2)CC1)c1ccc(-n2cccc2)cc1. The highest BCUT2D eigenvalue weighted by atomic mass is 79.9. The van der Waals surface area contributed by atoms with E-state index in [-0.39, 0.29) is 17.9 Å². The molecule has 0 radical (unpaired) electrons. The minimum atomic E-state index is -0.115. The summed E-state index contributed by atoms with van der Waals surface area (Å²) in [5, 5.41) is 3.08. The molecule has 1 aliphatic rings. The van der Waals surface area contributed by atoms with Gasteiger partial charge in [0.25, 0.3) is 11.8 Å². The first-order valence-corrected chi connectivity index (χ1v) is 9.98. The average molecular weight is 442 g/mol. The van der Waals surface area contributed by atoms with Gasteiger partial charge in [0.05, 0.1) is 0 Å². The number of amides is 2. The molecule has 28 heavy (non-hydrogen) atoms. The monoisotopic (exact) mass is 441 g/mol. The molecular formula is C21H20BrN3O3. The van der Waals surface area contributed by atoms with E-state index in [0.29, 0.717) is 29.1 Å². The first-order chi connectivity index (χ1) is 13.6. The van der Waals surface area contributed by atoms with Crippen molar-refractivity contribution in [1.29, 1.82) is 0 Å². The number of aromatic nitrogens is 1. The largest absolute Gasteiger partial charge is 0.444 e. The van der Waals surface area contributed by atoms with E-state index in [0.717, 1.165) is 18.5 Å². The summed E-state index contributed by atoms with van der Waals surface area (Å²) in [5.74, 6) is 0.131. The molecule has 3 heterocycles. The maximum absolute atomic E-state index is 12.5. The molecule has 1 fully saturated rings. The number of halogens is 1. The number of carbonyl (C=O) groups is 2. The Balaban J connectivity index is 1.31. The molecule has 0 unspecified atom stereocenters. The lowest BCUT2D eigenvalue weighted by Gasteiger charge is -2.31. The highest BCUT2D eigenvalue weighted by Gasteiger charge is 2.26. The van der Waals surface area contributed by atoms with Crippen molar-refractivity contribution >= 4 is 27.7 Å². The summed E-state index contributed by atoms with van der Waals surface area (Å²) in [6.45, 7) is 1.18. The van der Waals surface area contributed by atoms with Crippen molar-refractivity contribution in [2.24, 2.45) is 0 Å². The summed E-state index contributed by atoms with van der Waals surface area (Å²) < 4.78 is 7.87. The van der Waals surface area contributed by atoms with E-state index in [1.54, 1.807) is 17.0 Å². The second-order valence-corrected chi connectivity index (χ2v) is 7.56. The molecule has 4 rings (SSSR count). The van der Waals surface area contributed by atoms with Gasteiger partial charge >= 0.3 is 0 Å². The Kier molecular flexibility index (Phi) is 5.34. The van der Waals surface area contributed by atoms with Crippen LogP contribution in [0.15, 0.2) is 70.0 Å². The van der Waals surface area contributed by atoms with E-state index in [1.807, 2.05) is 53.4 Å². The Labute approximate surface area is 171 Å².